The molecule has 2 aromatic heterocycles. The molecular weight excluding hydrogens is 385 g/mol. The summed E-state index contributed by atoms with van der Waals surface area (Å²) < 4.78 is 67.1. The van der Waals surface area contributed by atoms with Gasteiger partial charge in [0.15, 0.2) is 0 Å². The normalized spacial score (nSPS) is 11.6. The minimum atomic E-state index is -4.51. The van der Waals surface area contributed by atoms with Crippen LogP contribution in [0.2, 0.25) is 0 Å². The molecular formula is C18H12F5N3O2. The van der Waals surface area contributed by atoms with Crippen LogP contribution in [0.15, 0.2) is 48.7 Å². The molecule has 1 amide bonds. The first-order valence-electron chi connectivity index (χ1n) is 7.89. The largest absolute Gasteiger partial charge is 0.439 e. The van der Waals surface area contributed by atoms with Crippen molar-refractivity contribution < 1.29 is 31.5 Å². The van der Waals surface area contributed by atoms with Gasteiger partial charge in [-0.1, -0.05) is 6.07 Å². The molecule has 0 bridgehead atoms. The number of hydrogen-bond acceptors (Lipinski definition) is 4. The van der Waals surface area contributed by atoms with Crippen LogP contribution in [0, 0.1) is 0 Å². The number of rotatable bonds is 5. The molecule has 28 heavy (non-hydrogen) atoms. The highest BCUT2D eigenvalue weighted by Crippen LogP contribution is 2.26. The first kappa shape index (κ1) is 19.5. The monoisotopic (exact) mass is 397 g/mol. The number of carbonyl (C=O) groups is 1. The van der Waals surface area contributed by atoms with Crippen molar-refractivity contribution in [3.63, 3.8) is 0 Å². The number of alkyl halides is 5. The third kappa shape index (κ3) is 4.90. The first-order valence-corrected chi connectivity index (χ1v) is 7.89. The van der Waals surface area contributed by atoms with E-state index in [1.54, 1.807) is 11.4 Å². The fraction of sp³-hybridized carbons (Fsp3) is 0.167. The van der Waals surface area contributed by atoms with Crippen LogP contribution in [0.25, 0.3) is 10.9 Å². The van der Waals surface area contributed by atoms with E-state index >= 15 is 0 Å². The molecule has 0 aliphatic rings. The highest BCUT2D eigenvalue weighted by Gasteiger charge is 2.28. The zero-order valence-electron chi connectivity index (χ0n) is 14.0. The topological polar surface area (TPSA) is 64.1 Å². The maximum absolute atomic E-state index is 12.5. The molecule has 0 saturated heterocycles. The lowest BCUT2D eigenvalue weighted by molar-refractivity contribution is -0.123. The van der Waals surface area contributed by atoms with Crippen molar-refractivity contribution in [1.29, 1.82) is 0 Å². The predicted molar refractivity (Wildman–Crippen MR) is 89.4 cm³/mol. The van der Waals surface area contributed by atoms with Gasteiger partial charge < -0.3 is 10.1 Å². The Hall–Kier alpha value is -3.30. The zero-order chi connectivity index (χ0) is 20.3. The van der Waals surface area contributed by atoms with E-state index in [1.165, 1.54) is 36.4 Å². The lowest BCUT2D eigenvalue weighted by Crippen LogP contribution is -2.34. The van der Waals surface area contributed by atoms with E-state index in [2.05, 4.69) is 9.97 Å². The third-order valence-corrected chi connectivity index (χ3v) is 3.58. The average Bonchev–Trinajstić information content (AvgIpc) is 2.65. The second-order valence-electron chi connectivity index (χ2n) is 5.68. The van der Waals surface area contributed by atoms with Crippen molar-refractivity contribution in [2.45, 2.75) is 12.6 Å². The minimum Gasteiger partial charge on any atom is -0.439 e. The summed E-state index contributed by atoms with van der Waals surface area (Å²) in [6, 6.07) is 9.88. The maximum Gasteiger partial charge on any atom is 0.405 e. The van der Waals surface area contributed by atoms with Gasteiger partial charge in [-0.2, -0.15) is 13.2 Å². The van der Waals surface area contributed by atoms with Crippen LogP contribution in [0.4, 0.5) is 22.0 Å². The summed E-state index contributed by atoms with van der Waals surface area (Å²) in [5.41, 5.74) is -0.0194. The lowest BCUT2D eigenvalue weighted by Gasteiger charge is -2.09. The summed E-state index contributed by atoms with van der Waals surface area (Å²) >= 11 is 0. The van der Waals surface area contributed by atoms with Crippen molar-refractivity contribution >= 4 is 16.8 Å². The second kappa shape index (κ2) is 7.75. The molecule has 3 rings (SSSR count). The van der Waals surface area contributed by atoms with Crippen LogP contribution in [0.3, 0.4) is 0 Å². The van der Waals surface area contributed by atoms with Crippen LogP contribution in [-0.4, -0.2) is 28.6 Å². The Balaban J connectivity index is 1.74. The van der Waals surface area contributed by atoms with E-state index in [0.717, 1.165) is 6.20 Å². The molecule has 146 valence electrons. The van der Waals surface area contributed by atoms with Crippen molar-refractivity contribution in [2.24, 2.45) is 0 Å². The standard InChI is InChI=1S/C18H12F5N3O2/c19-16(20)11-2-6-15(24-8-11)28-12-3-5-13-10(7-12)1-4-14(26-13)17(27)25-9-18(21,22)23/h1-8,16H,9H2,(H,25,27). The van der Waals surface area contributed by atoms with Gasteiger partial charge in [0, 0.05) is 23.2 Å². The molecule has 3 aromatic rings. The number of ether oxygens (including phenoxy) is 1. The zero-order valence-corrected chi connectivity index (χ0v) is 14.0. The molecule has 0 aliphatic heterocycles. The van der Waals surface area contributed by atoms with Crippen molar-refractivity contribution in [1.82, 2.24) is 15.3 Å². The SMILES string of the molecule is O=C(NCC(F)(F)F)c1ccc2cc(Oc3ccc(C(F)F)cn3)ccc2n1. The van der Waals surface area contributed by atoms with Crippen LogP contribution >= 0.6 is 0 Å². The molecule has 5 nitrogen and oxygen atoms in total. The fourth-order valence-corrected chi connectivity index (χ4v) is 2.27. The van der Waals surface area contributed by atoms with Crippen LogP contribution < -0.4 is 10.1 Å². The van der Waals surface area contributed by atoms with Gasteiger partial charge in [-0.25, -0.2) is 18.7 Å². The lowest BCUT2D eigenvalue weighted by atomic mass is 10.2. The van der Waals surface area contributed by atoms with Crippen LogP contribution in [0.5, 0.6) is 11.6 Å². The number of aromatic nitrogens is 2. The number of fused-ring (bicyclic) bond motifs is 1. The summed E-state index contributed by atoms with van der Waals surface area (Å²) in [6.45, 7) is -1.45. The van der Waals surface area contributed by atoms with E-state index in [4.69, 9.17) is 4.74 Å². The van der Waals surface area contributed by atoms with Gasteiger partial charge in [-0.05, 0) is 30.3 Å². The molecule has 0 atom stereocenters. The van der Waals surface area contributed by atoms with E-state index in [9.17, 15) is 26.7 Å². The van der Waals surface area contributed by atoms with E-state index < -0.39 is 25.1 Å². The summed E-state index contributed by atoms with van der Waals surface area (Å²) in [5.74, 6) is -0.483. The molecule has 1 aromatic carbocycles. The first-order chi connectivity index (χ1) is 13.2. The maximum atomic E-state index is 12.5. The number of halogens is 5. The number of carbonyl (C=O) groups excluding carboxylic acids is 1. The number of nitrogens with one attached hydrogen (secondary N) is 1. The van der Waals surface area contributed by atoms with Crippen LogP contribution in [-0.2, 0) is 0 Å². The van der Waals surface area contributed by atoms with Crippen molar-refractivity contribution in [2.75, 3.05) is 6.54 Å². The molecule has 0 radical (unpaired) electrons. The van der Waals surface area contributed by atoms with E-state index in [1.807, 2.05) is 0 Å². The van der Waals surface area contributed by atoms with Gasteiger partial charge in [0.05, 0.1) is 5.52 Å². The van der Waals surface area contributed by atoms with E-state index in [-0.39, 0.29) is 17.1 Å². The molecule has 1 N–H and O–H groups in total. The Morgan fingerprint density at radius 2 is 1.89 bits per heavy atom. The van der Waals surface area contributed by atoms with Gasteiger partial charge in [0.25, 0.3) is 12.3 Å². The molecule has 0 spiro atoms. The Bertz CT molecular complexity index is 991. The average molecular weight is 397 g/mol. The highest BCUT2D eigenvalue weighted by molar-refractivity contribution is 5.95. The highest BCUT2D eigenvalue weighted by atomic mass is 19.4. The van der Waals surface area contributed by atoms with Crippen molar-refractivity contribution in [3.05, 3.63) is 59.9 Å². The van der Waals surface area contributed by atoms with Crippen molar-refractivity contribution in [3.8, 4) is 11.6 Å². The van der Waals surface area contributed by atoms with Gasteiger partial charge in [-0.3, -0.25) is 4.79 Å². The summed E-state index contributed by atoms with van der Waals surface area (Å²) in [4.78, 5) is 19.6. The Kier molecular flexibility index (Phi) is 5.39. The van der Waals surface area contributed by atoms with E-state index in [0.29, 0.717) is 16.7 Å². The molecule has 0 fully saturated rings. The number of benzene rings is 1. The molecule has 10 heteroatoms. The third-order valence-electron chi connectivity index (χ3n) is 3.58. The number of nitrogens with zero attached hydrogens (tertiary/aromatic N) is 2. The smallest absolute Gasteiger partial charge is 0.405 e. The molecule has 0 saturated carbocycles. The van der Waals surface area contributed by atoms with Gasteiger partial charge in [0.1, 0.15) is 18.0 Å². The van der Waals surface area contributed by atoms with Gasteiger partial charge >= 0.3 is 6.18 Å². The number of hydrogen-bond donors (Lipinski definition) is 1. The Morgan fingerprint density at radius 1 is 1.11 bits per heavy atom. The second-order valence-corrected chi connectivity index (χ2v) is 5.68. The Labute approximate surface area is 155 Å². The van der Waals surface area contributed by atoms with Gasteiger partial charge in [-0.15, -0.1) is 0 Å². The number of amides is 1. The minimum absolute atomic E-state index is 0.111. The Morgan fingerprint density at radius 3 is 2.54 bits per heavy atom. The summed E-state index contributed by atoms with van der Waals surface area (Å²) in [5, 5.41) is 2.31. The summed E-state index contributed by atoms with van der Waals surface area (Å²) in [7, 11) is 0. The quantitative estimate of drug-likeness (QED) is 0.637. The molecule has 0 unspecified atom stereocenters. The number of pyridine rings is 2. The summed E-state index contributed by atoms with van der Waals surface area (Å²) in [6.07, 6.45) is -6.13. The fourth-order valence-electron chi connectivity index (χ4n) is 2.27. The van der Waals surface area contributed by atoms with Gasteiger partial charge in [0.2, 0.25) is 5.88 Å². The predicted octanol–water partition coefficient (Wildman–Crippen LogP) is 4.65. The molecule has 2 heterocycles. The van der Waals surface area contributed by atoms with Crippen LogP contribution in [0.1, 0.15) is 22.5 Å². The molecule has 0 aliphatic carbocycles.